The highest BCUT2D eigenvalue weighted by Gasteiger charge is 2.59. The maximum Gasteiger partial charge on any atom is 0.170 e. The van der Waals surface area contributed by atoms with Crippen LogP contribution in [-0.2, 0) is 10.8 Å². The molecule has 1 N–H and O–H groups in total. The van der Waals surface area contributed by atoms with Crippen LogP contribution in [-0.4, -0.2) is 20.8 Å². The molecular formula is C24H38O2Si. The minimum absolute atomic E-state index is 0.363. The van der Waals surface area contributed by atoms with Crippen LogP contribution < -0.4 is 0 Å². The molecule has 4 rings (SSSR count). The summed E-state index contributed by atoms with van der Waals surface area (Å²) in [6.07, 6.45) is 7.82. The molecular weight excluding hydrogens is 348 g/mol. The molecule has 0 heterocycles. The Balaban J connectivity index is 1.68. The third-order valence-corrected chi connectivity index (χ3v) is 8.99. The second kappa shape index (κ2) is 6.91. The first-order valence-corrected chi connectivity index (χ1v) is 13.9. The van der Waals surface area contributed by atoms with E-state index in [-0.39, 0.29) is 0 Å². The van der Waals surface area contributed by atoms with Gasteiger partial charge in [0.15, 0.2) is 9.04 Å². The van der Waals surface area contributed by atoms with Crippen molar-refractivity contribution in [1.29, 1.82) is 0 Å². The van der Waals surface area contributed by atoms with Gasteiger partial charge in [0.25, 0.3) is 0 Å². The van der Waals surface area contributed by atoms with Crippen molar-refractivity contribution < 1.29 is 9.53 Å². The average Bonchev–Trinajstić information content (AvgIpc) is 2.99. The van der Waals surface area contributed by atoms with Crippen LogP contribution in [0, 0.1) is 28.6 Å². The summed E-state index contributed by atoms with van der Waals surface area (Å²) in [6.45, 7) is 13.0. The minimum atomic E-state index is -1.01. The van der Waals surface area contributed by atoms with E-state index < -0.39 is 9.04 Å². The van der Waals surface area contributed by atoms with Gasteiger partial charge < -0.3 is 9.53 Å². The Morgan fingerprint density at radius 2 is 1.93 bits per heavy atom. The molecule has 1 aromatic carbocycles. The Kier molecular flexibility index (Phi) is 5.00. The second-order valence-corrected chi connectivity index (χ2v) is 13.4. The van der Waals surface area contributed by atoms with Crippen LogP contribution in [0.1, 0.15) is 69.9 Å². The highest BCUT2D eigenvalue weighted by atomic mass is 28.3. The summed E-state index contributed by atoms with van der Waals surface area (Å²) in [6, 6.07) is 6.15. The molecule has 0 aliphatic heterocycles. The molecule has 2 fully saturated rings. The Morgan fingerprint density at radius 3 is 2.63 bits per heavy atom. The number of benzene rings is 1. The molecule has 27 heavy (non-hydrogen) atoms. The molecule has 2 nitrogen and oxygen atoms in total. The lowest BCUT2D eigenvalue weighted by atomic mass is 9.51. The molecule has 1 aromatic rings. The maximum atomic E-state index is 9.91. The summed E-state index contributed by atoms with van der Waals surface area (Å²) in [7, 11) is -1.01. The fourth-order valence-electron chi connectivity index (χ4n) is 7.28. The van der Waals surface area contributed by atoms with Crippen LogP contribution in [0.25, 0.3) is 0 Å². The number of rotatable bonds is 3. The van der Waals surface area contributed by atoms with E-state index in [2.05, 4.69) is 39.9 Å². The van der Waals surface area contributed by atoms with E-state index in [0.717, 1.165) is 30.8 Å². The van der Waals surface area contributed by atoms with Gasteiger partial charge in [-0.1, -0.05) is 26.8 Å². The van der Waals surface area contributed by atoms with E-state index in [1.54, 1.807) is 0 Å². The predicted molar refractivity (Wildman–Crippen MR) is 115 cm³/mol. The van der Waals surface area contributed by atoms with Crippen molar-refractivity contribution in [2.75, 3.05) is 6.61 Å². The largest absolute Gasteiger partial charge is 0.508 e. The monoisotopic (exact) mass is 386 g/mol. The Morgan fingerprint density at radius 1 is 1.15 bits per heavy atom. The van der Waals surface area contributed by atoms with E-state index in [4.69, 9.17) is 4.43 Å². The van der Waals surface area contributed by atoms with Crippen molar-refractivity contribution in [2.45, 2.75) is 78.3 Å². The normalized spacial score (nSPS) is 35.6. The van der Waals surface area contributed by atoms with Crippen molar-refractivity contribution in [3.05, 3.63) is 29.3 Å². The predicted octanol–water partition coefficient (Wildman–Crippen LogP) is 5.89. The van der Waals surface area contributed by atoms with E-state index in [1.807, 2.05) is 12.1 Å². The molecule has 0 spiro atoms. The molecule has 3 aliphatic rings. The van der Waals surface area contributed by atoms with Crippen LogP contribution in [0.2, 0.25) is 13.1 Å². The lowest BCUT2D eigenvalue weighted by molar-refractivity contribution is -0.0562. The van der Waals surface area contributed by atoms with Gasteiger partial charge in [0.1, 0.15) is 5.75 Å². The summed E-state index contributed by atoms with van der Waals surface area (Å²) in [5.74, 6) is 3.53. The van der Waals surface area contributed by atoms with E-state index in [9.17, 15) is 5.11 Å². The van der Waals surface area contributed by atoms with Gasteiger partial charge in [-0.3, -0.25) is 0 Å². The number of fused-ring (bicyclic) bond motifs is 5. The molecule has 3 aliphatic carbocycles. The van der Waals surface area contributed by atoms with Crippen LogP contribution in [0.15, 0.2) is 18.2 Å². The zero-order valence-electron chi connectivity index (χ0n) is 17.9. The summed E-state index contributed by atoms with van der Waals surface area (Å²) < 4.78 is 6.48. The molecule has 0 bridgehead atoms. The van der Waals surface area contributed by atoms with Crippen LogP contribution in [0.3, 0.4) is 0 Å². The number of aromatic hydroxyl groups is 1. The first-order chi connectivity index (χ1) is 12.7. The van der Waals surface area contributed by atoms with E-state index in [0.29, 0.717) is 22.5 Å². The van der Waals surface area contributed by atoms with Crippen LogP contribution >= 0.6 is 0 Å². The third kappa shape index (κ3) is 3.29. The zero-order chi connectivity index (χ0) is 19.4. The smallest absolute Gasteiger partial charge is 0.170 e. The van der Waals surface area contributed by atoms with Gasteiger partial charge in [-0.25, -0.2) is 0 Å². The quantitative estimate of drug-likeness (QED) is 0.656. The highest BCUT2D eigenvalue weighted by Crippen LogP contribution is 2.66. The summed E-state index contributed by atoms with van der Waals surface area (Å²) in [5, 5.41) is 9.91. The van der Waals surface area contributed by atoms with Gasteiger partial charge in [0, 0.05) is 6.61 Å². The van der Waals surface area contributed by atoms with Gasteiger partial charge in [0.05, 0.1) is 0 Å². The third-order valence-electron chi connectivity index (χ3n) is 8.16. The fourth-order valence-corrected chi connectivity index (χ4v) is 7.92. The van der Waals surface area contributed by atoms with Crippen molar-refractivity contribution in [2.24, 2.45) is 28.6 Å². The Hall–Kier alpha value is -0.803. The topological polar surface area (TPSA) is 29.5 Å². The standard InChI is InChI=1S/C24H38O2Si/c1-23(2,3)22-11-10-21-20-8-6-16-14-17(25)7-9-18(16)19(20)12-13-24(21,22)15-26-27(4)5/h7,9,14,19-22,25,27H,6,8,10-13,15H2,1-5H3/t19-,20-,21+,22?,24-/m1/s1. The summed E-state index contributed by atoms with van der Waals surface area (Å²) in [4.78, 5) is 0. The SMILES string of the molecule is C[SiH](C)OC[C@]12CC[C@@H]3c4ccc(O)cc4CC[C@H]3[C@@H]1CCC2C(C)(C)C. The zero-order valence-corrected chi connectivity index (χ0v) is 19.1. The molecule has 1 unspecified atom stereocenters. The molecule has 150 valence electrons. The van der Waals surface area contributed by atoms with Crippen molar-refractivity contribution in [1.82, 2.24) is 0 Å². The highest BCUT2D eigenvalue weighted by molar-refractivity contribution is 6.48. The first-order valence-electron chi connectivity index (χ1n) is 11.2. The maximum absolute atomic E-state index is 9.91. The summed E-state index contributed by atoms with van der Waals surface area (Å²) in [5.41, 5.74) is 3.70. The first kappa shape index (κ1) is 19.5. The second-order valence-electron chi connectivity index (χ2n) is 10.9. The van der Waals surface area contributed by atoms with Gasteiger partial charge in [-0.15, -0.1) is 0 Å². The van der Waals surface area contributed by atoms with Crippen LogP contribution in [0.5, 0.6) is 5.75 Å². The van der Waals surface area contributed by atoms with Gasteiger partial charge in [-0.2, -0.15) is 0 Å². The Labute approximate surface area is 167 Å². The van der Waals surface area contributed by atoms with Gasteiger partial charge in [-0.05, 0) is 109 Å². The average molecular weight is 387 g/mol. The molecule has 0 saturated heterocycles. The van der Waals surface area contributed by atoms with E-state index >= 15 is 0 Å². The molecule has 2 saturated carbocycles. The molecule has 5 atom stereocenters. The van der Waals surface area contributed by atoms with Crippen molar-refractivity contribution in [3.63, 3.8) is 0 Å². The number of hydrogen-bond acceptors (Lipinski definition) is 2. The van der Waals surface area contributed by atoms with Crippen molar-refractivity contribution >= 4 is 9.04 Å². The summed E-state index contributed by atoms with van der Waals surface area (Å²) >= 11 is 0. The lowest BCUT2D eigenvalue weighted by Crippen LogP contribution is -2.50. The molecule has 0 aromatic heterocycles. The van der Waals surface area contributed by atoms with Crippen molar-refractivity contribution in [3.8, 4) is 5.75 Å². The molecule has 0 radical (unpaired) electrons. The minimum Gasteiger partial charge on any atom is -0.508 e. The lowest BCUT2D eigenvalue weighted by Gasteiger charge is -2.55. The van der Waals surface area contributed by atoms with Crippen LogP contribution in [0.4, 0.5) is 0 Å². The number of phenols is 1. The number of phenolic OH excluding ortho intramolecular Hbond substituents is 1. The molecule has 0 amide bonds. The fraction of sp³-hybridized carbons (Fsp3) is 0.750. The van der Waals surface area contributed by atoms with Gasteiger partial charge in [0.2, 0.25) is 0 Å². The Bertz CT molecular complexity index is 692. The van der Waals surface area contributed by atoms with E-state index in [1.165, 1.54) is 43.2 Å². The molecule has 3 heteroatoms. The number of hydrogen-bond donors (Lipinski definition) is 1. The number of aryl methyl sites for hydroxylation is 1. The van der Waals surface area contributed by atoms with Gasteiger partial charge >= 0.3 is 0 Å².